The van der Waals surface area contributed by atoms with Gasteiger partial charge in [0.1, 0.15) is 5.75 Å². The summed E-state index contributed by atoms with van der Waals surface area (Å²) in [4.78, 5) is 50.2. The minimum absolute atomic E-state index is 0.00720. The summed E-state index contributed by atoms with van der Waals surface area (Å²) in [5.74, 6) is -1.83. The van der Waals surface area contributed by atoms with Gasteiger partial charge in [-0.25, -0.2) is 4.79 Å². The van der Waals surface area contributed by atoms with Crippen LogP contribution in [0.1, 0.15) is 30.1 Å². The van der Waals surface area contributed by atoms with Gasteiger partial charge >= 0.3 is 11.9 Å². The zero-order valence-electron chi connectivity index (χ0n) is 18.5. The van der Waals surface area contributed by atoms with E-state index in [2.05, 4.69) is 5.32 Å². The number of hydrogen-bond donors (Lipinski definition) is 1. The molecule has 2 amide bonds. The number of carbonyl (C=O) groups excluding carboxylic acids is 4. The van der Waals surface area contributed by atoms with Crippen LogP contribution in [0.2, 0.25) is 0 Å². The van der Waals surface area contributed by atoms with Crippen LogP contribution < -0.4 is 15.0 Å². The summed E-state index contributed by atoms with van der Waals surface area (Å²) in [6.07, 6.45) is 0.736. The van der Waals surface area contributed by atoms with Crippen LogP contribution in [-0.4, -0.2) is 50.6 Å². The number of anilines is 2. The summed E-state index contributed by atoms with van der Waals surface area (Å²) in [7, 11) is 1.53. The van der Waals surface area contributed by atoms with Crippen molar-refractivity contribution in [3.05, 3.63) is 54.1 Å². The quantitative estimate of drug-likeness (QED) is 0.580. The second kappa shape index (κ2) is 11.1. The van der Waals surface area contributed by atoms with E-state index in [9.17, 15) is 19.2 Å². The first-order chi connectivity index (χ1) is 15.9. The summed E-state index contributed by atoms with van der Waals surface area (Å²) in [6.45, 7) is 1.93. The van der Waals surface area contributed by atoms with Crippen LogP contribution in [0.25, 0.3) is 0 Å². The molecule has 0 spiro atoms. The Labute approximate surface area is 191 Å². The first kappa shape index (κ1) is 23.8. The summed E-state index contributed by atoms with van der Waals surface area (Å²) in [6, 6.07) is 13.2. The van der Waals surface area contributed by atoms with Crippen LogP contribution in [0.3, 0.4) is 0 Å². The number of carbonyl (C=O) groups is 4. The Balaban J connectivity index is 1.48. The van der Waals surface area contributed by atoms with E-state index in [1.807, 2.05) is 6.92 Å². The Morgan fingerprint density at radius 1 is 1.09 bits per heavy atom. The fourth-order valence-corrected chi connectivity index (χ4v) is 3.31. The van der Waals surface area contributed by atoms with Crippen molar-refractivity contribution < 1.29 is 33.4 Å². The normalized spacial score (nSPS) is 15.2. The van der Waals surface area contributed by atoms with Crippen LogP contribution in [0.4, 0.5) is 11.4 Å². The maximum atomic E-state index is 12.4. The van der Waals surface area contributed by atoms with E-state index in [0.717, 1.165) is 6.42 Å². The monoisotopic (exact) mass is 454 g/mol. The van der Waals surface area contributed by atoms with Crippen LogP contribution in [-0.2, 0) is 23.9 Å². The number of hydrogen-bond acceptors (Lipinski definition) is 7. The molecule has 174 valence electrons. The lowest BCUT2D eigenvalue weighted by Gasteiger charge is -2.17. The van der Waals surface area contributed by atoms with Gasteiger partial charge in [-0.2, -0.15) is 0 Å². The second-order valence-corrected chi connectivity index (χ2v) is 7.48. The highest BCUT2D eigenvalue weighted by Crippen LogP contribution is 2.28. The molecule has 1 heterocycles. The van der Waals surface area contributed by atoms with Crippen molar-refractivity contribution in [1.29, 1.82) is 0 Å². The van der Waals surface area contributed by atoms with E-state index in [0.29, 0.717) is 29.3 Å². The maximum absolute atomic E-state index is 12.4. The molecule has 1 saturated heterocycles. The van der Waals surface area contributed by atoms with Gasteiger partial charge < -0.3 is 24.4 Å². The molecule has 33 heavy (non-hydrogen) atoms. The number of ether oxygens (including phenoxy) is 3. The maximum Gasteiger partial charge on any atom is 0.338 e. The SMILES string of the molecule is CCCOC(=O)c1ccc(NC(=O)COC(=O)[C@@H]2CC(=O)N(c3cccc(OC)c3)C2)cc1. The number of nitrogens with zero attached hydrogens (tertiary/aromatic N) is 1. The highest BCUT2D eigenvalue weighted by Gasteiger charge is 2.36. The highest BCUT2D eigenvalue weighted by molar-refractivity contribution is 6.00. The van der Waals surface area contributed by atoms with Gasteiger partial charge in [0, 0.05) is 30.4 Å². The number of amides is 2. The van der Waals surface area contributed by atoms with Crippen molar-refractivity contribution in [2.24, 2.45) is 5.92 Å². The van der Waals surface area contributed by atoms with Crippen molar-refractivity contribution in [2.45, 2.75) is 19.8 Å². The van der Waals surface area contributed by atoms with E-state index < -0.39 is 30.4 Å². The van der Waals surface area contributed by atoms with Gasteiger partial charge in [0.15, 0.2) is 6.61 Å². The summed E-state index contributed by atoms with van der Waals surface area (Å²) in [5, 5.41) is 2.59. The molecular formula is C24H26N2O7. The molecule has 0 unspecified atom stereocenters. The lowest BCUT2D eigenvalue weighted by atomic mass is 10.1. The van der Waals surface area contributed by atoms with Crippen molar-refractivity contribution >= 4 is 35.1 Å². The zero-order chi connectivity index (χ0) is 23.8. The van der Waals surface area contributed by atoms with Crippen LogP contribution in [0, 0.1) is 5.92 Å². The van der Waals surface area contributed by atoms with Gasteiger partial charge in [0.2, 0.25) is 5.91 Å². The average molecular weight is 454 g/mol. The lowest BCUT2D eigenvalue weighted by molar-refractivity contribution is -0.151. The summed E-state index contributed by atoms with van der Waals surface area (Å²) < 4.78 is 15.3. The largest absolute Gasteiger partial charge is 0.497 e. The van der Waals surface area contributed by atoms with Crippen LogP contribution in [0.5, 0.6) is 5.75 Å². The molecule has 1 N–H and O–H groups in total. The van der Waals surface area contributed by atoms with Gasteiger partial charge in [-0.3, -0.25) is 14.4 Å². The Morgan fingerprint density at radius 3 is 2.55 bits per heavy atom. The highest BCUT2D eigenvalue weighted by atomic mass is 16.5. The fourth-order valence-electron chi connectivity index (χ4n) is 3.31. The van der Waals surface area contributed by atoms with Crippen molar-refractivity contribution in [3.8, 4) is 5.75 Å². The van der Waals surface area contributed by atoms with Gasteiger partial charge in [0.25, 0.3) is 5.91 Å². The number of rotatable bonds is 9. The summed E-state index contributed by atoms with van der Waals surface area (Å²) in [5.41, 5.74) is 1.46. The van der Waals surface area contributed by atoms with Gasteiger partial charge in [0.05, 0.1) is 25.2 Å². The van der Waals surface area contributed by atoms with E-state index in [1.54, 1.807) is 36.4 Å². The standard InChI is InChI=1S/C24H26N2O7/c1-3-11-32-23(29)16-7-9-18(10-8-16)25-21(27)15-33-24(30)17-12-22(28)26(14-17)19-5-4-6-20(13-19)31-2/h4-10,13,17H,3,11-12,14-15H2,1-2H3,(H,25,27)/t17-/m1/s1. The predicted molar refractivity (Wildman–Crippen MR) is 120 cm³/mol. The molecule has 2 aromatic carbocycles. The number of benzene rings is 2. The van der Waals surface area contributed by atoms with Crippen molar-refractivity contribution in [2.75, 3.05) is 37.1 Å². The van der Waals surface area contributed by atoms with E-state index >= 15 is 0 Å². The van der Waals surface area contributed by atoms with Gasteiger partial charge in [-0.15, -0.1) is 0 Å². The zero-order valence-corrected chi connectivity index (χ0v) is 18.5. The molecule has 1 aliphatic heterocycles. The number of nitrogens with one attached hydrogen (secondary N) is 1. The van der Waals surface area contributed by atoms with E-state index in [1.165, 1.54) is 24.1 Å². The minimum Gasteiger partial charge on any atom is -0.497 e. The lowest BCUT2D eigenvalue weighted by Crippen LogP contribution is -2.28. The molecule has 1 fully saturated rings. The first-order valence-electron chi connectivity index (χ1n) is 10.6. The molecule has 2 aromatic rings. The summed E-state index contributed by atoms with van der Waals surface area (Å²) >= 11 is 0. The van der Waals surface area contributed by atoms with Gasteiger partial charge in [-0.1, -0.05) is 13.0 Å². The Morgan fingerprint density at radius 2 is 1.85 bits per heavy atom. The fraction of sp³-hybridized carbons (Fsp3) is 0.333. The molecular weight excluding hydrogens is 428 g/mol. The first-order valence-corrected chi connectivity index (χ1v) is 10.6. The van der Waals surface area contributed by atoms with Crippen molar-refractivity contribution in [1.82, 2.24) is 0 Å². The van der Waals surface area contributed by atoms with Gasteiger partial charge in [-0.05, 0) is 42.8 Å². The third-order valence-corrected chi connectivity index (χ3v) is 5.01. The Hall–Kier alpha value is -3.88. The average Bonchev–Trinajstić information content (AvgIpc) is 3.23. The molecule has 9 heteroatoms. The second-order valence-electron chi connectivity index (χ2n) is 7.48. The van der Waals surface area contributed by atoms with E-state index in [4.69, 9.17) is 14.2 Å². The minimum atomic E-state index is -0.662. The number of esters is 2. The third kappa shape index (κ3) is 6.31. The Bertz CT molecular complexity index is 1020. The van der Waals surface area contributed by atoms with Crippen LogP contribution >= 0.6 is 0 Å². The smallest absolute Gasteiger partial charge is 0.338 e. The molecule has 3 rings (SSSR count). The topological polar surface area (TPSA) is 111 Å². The molecule has 0 aromatic heterocycles. The molecule has 1 aliphatic rings. The third-order valence-electron chi connectivity index (χ3n) is 5.01. The van der Waals surface area contributed by atoms with Crippen LogP contribution in [0.15, 0.2) is 48.5 Å². The molecule has 9 nitrogen and oxygen atoms in total. The van der Waals surface area contributed by atoms with E-state index in [-0.39, 0.29) is 18.9 Å². The number of methoxy groups -OCH3 is 1. The van der Waals surface area contributed by atoms with Crippen molar-refractivity contribution in [3.63, 3.8) is 0 Å². The molecule has 0 saturated carbocycles. The molecule has 1 atom stereocenters. The molecule has 0 bridgehead atoms. The Kier molecular flexibility index (Phi) is 8.01. The molecule has 0 radical (unpaired) electrons. The predicted octanol–water partition coefficient (Wildman–Crippen LogP) is 2.80. The molecule has 0 aliphatic carbocycles.